The molecule has 2 heterocycles. The number of nitrogens with zero attached hydrogens (tertiary/aromatic N) is 3. The van der Waals surface area contributed by atoms with Crippen LogP contribution < -0.4 is 9.47 Å². The van der Waals surface area contributed by atoms with E-state index < -0.39 is 0 Å². The highest BCUT2D eigenvalue weighted by atomic mass is 35.5. The summed E-state index contributed by atoms with van der Waals surface area (Å²) in [5, 5.41) is 12.2. The van der Waals surface area contributed by atoms with Gasteiger partial charge in [0.2, 0.25) is 0 Å². The molecule has 148 valence electrons. The highest BCUT2D eigenvalue weighted by molar-refractivity contribution is 7.98. The molecule has 0 bridgehead atoms. The van der Waals surface area contributed by atoms with Gasteiger partial charge >= 0.3 is 0 Å². The summed E-state index contributed by atoms with van der Waals surface area (Å²) < 4.78 is 16.5. The van der Waals surface area contributed by atoms with E-state index in [4.69, 9.17) is 25.5 Å². The van der Waals surface area contributed by atoms with Gasteiger partial charge in [-0.1, -0.05) is 35.5 Å². The van der Waals surface area contributed by atoms with Crippen molar-refractivity contribution in [3.05, 3.63) is 70.5 Å². The van der Waals surface area contributed by atoms with Gasteiger partial charge in [-0.05, 0) is 36.4 Å². The maximum Gasteiger partial charge on any atom is 0.277 e. The minimum Gasteiger partial charge on any atom is -0.497 e. The minimum atomic E-state index is 0.200. The fourth-order valence-corrected chi connectivity index (χ4v) is 4.15. The molecular formula is C20H16ClN3O3S2. The van der Waals surface area contributed by atoms with E-state index >= 15 is 0 Å². The number of benzene rings is 2. The molecule has 0 N–H and O–H groups in total. The molecule has 0 unspecified atom stereocenters. The Hall–Kier alpha value is -2.55. The zero-order valence-corrected chi connectivity index (χ0v) is 17.8. The van der Waals surface area contributed by atoms with Gasteiger partial charge in [0, 0.05) is 21.7 Å². The lowest BCUT2D eigenvalue weighted by Gasteiger charge is -2.02. The van der Waals surface area contributed by atoms with E-state index in [1.165, 1.54) is 11.8 Å². The van der Waals surface area contributed by atoms with Crippen molar-refractivity contribution < 1.29 is 13.9 Å². The van der Waals surface area contributed by atoms with Crippen LogP contribution >= 0.6 is 34.7 Å². The molecule has 0 radical (unpaired) electrons. The third-order valence-electron chi connectivity index (χ3n) is 3.84. The van der Waals surface area contributed by atoms with Gasteiger partial charge in [0.15, 0.2) is 6.61 Å². The summed E-state index contributed by atoms with van der Waals surface area (Å²) in [5.74, 6) is 2.56. The van der Waals surface area contributed by atoms with E-state index in [0.29, 0.717) is 27.6 Å². The first-order chi connectivity index (χ1) is 14.2. The second-order valence-electron chi connectivity index (χ2n) is 5.87. The predicted octanol–water partition coefficient (Wildman–Crippen LogP) is 5.73. The molecule has 9 heteroatoms. The van der Waals surface area contributed by atoms with Crippen LogP contribution in [0.25, 0.3) is 10.6 Å². The molecule has 0 aliphatic rings. The number of halogens is 1. The zero-order valence-electron chi connectivity index (χ0n) is 15.4. The van der Waals surface area contributed by atoms with Crippen molar-refractivity contribution in [1.29, 1.82) is 0 Å². The number of thioether (sulfide) groups is 1. The van der Waals surface area contributed by atoms with Gasteiger partial charge in [-0.15, -0.1) is 21.5 Å². The first kappa shape index (κ1) is 19.8. The average Bonchev–Trinajstić information content (AvgIpc) is 3.41. The third kappa shape index (κ3) is 5.29. The van der Waals surface area contributed by atoms with E-state index in [1.807, 2.05) is 29.6 Å². The second-order valence-corrected chi connectivity index (χ2v) is 8.09. The minimum absolute atomic E-state index is 0.200. The van der Waals surface area contributed by atoms with Gasteiger partial charge in [0.05, 0.1) is 12.8 Å². The van der Waals surface area contributed by atoms with Crippen molar-refractivity contribution in [1.82, 2.24) is 15.2 Å². The van der Waals surface area contributed by atoms with E-state index in [9.17, 15) is 0 Å². The molecule has 2 aromatic heterocycles. The second kappa shape index (κ2) is 9.30. The molecular weight excluding hydrogens is 430 g/mol. The van der Waals surface area contributed by atoms with Gasteiger partial charge in [0.1, 0.15) is 16.5 Å². The Balaban J connectivity index is 1.32. The van der Waals surface area contributed by atoms with Crippen LogP contribution in [0.3, 0.4) is 0 Å². The van der Waals surface area contributed by atoms with Crippen molar-refractivity contribution in [2.75, 3.05) is 7.11 Å². The lowest BCUT2D eigenvalue weighted by atomic mass is 10.2. The Morgan fingerprint density at radius 2 is 1.97 bits per heavy atom. The summed E-state index contributed by atoms with van der Waals surface area (Å²) >= 11 is 8.89. The van der Waals surface area contributed by atoms with Crippen LogP contribution in [0.2, 0.25) is 5.02 Å². The quantitative estimate of drug-likeness (QED) is 0.321. The lowest BCUT2D eigenvalue weighted by Crippen LogP contribution is -1.95. The predicted molar refractivity (Wildman–Crippen MR) is 114 cm³/mol. The first-order valence-corrected chi connectivity index (χ1v) is 10.9. The Labute approximate surface area is 180 Å². The highest BCUT2D eigenvalue weighted by Crippen LogP contribution is 2.29. The van der Waals surface area contributed by atoms with Gasteiger partial charge in [0.25, 0.3) is 11.1 Å². The number of aromatic nitrogens is 3. The number of hydrogen-bond acceptors (Lipinski definition) is 8. The zero-order chi connectivity index (χ0) is 20.1. The topological polar surface area (TPSA) is 70.3 Å². The molecule has 0 aliphatic carbocycles. The maximum atomic E-state index is 5.86. The Kier molecular flexibility index (Phi) is 6.33. The van der Waals surface area contributed by atoms with Gasteiger partial charge in [-0.3, -0.25) is 0 Å². The molecule has 0 saturated carbocycles. The van der Waals surface area contributed by atoms with Crippen molar-refractivity contribution >= 4 is 34.7 Å². The van der Waals surface area contributed by atoms with Gasteiger partial charge in [-0.2, -0.15) is 0 Å². The Morgan fingerprint density at radius 1 is 1.10 bits per heavy atom. The summed E-state index contributed by atoms with van der Waals surface area (Å²) in [7, 11) is 1.65. The molecule has 4 aromatic rings. The molecule has 0 aliphatic heterocycles. The number of methoxy groups -OCH3 is 1. The fraction of sp³-hybridized carbons (Fsp3) is 0.150. The van der Waals surface area contributed by atoms with E-state index in [2.05, 4.69) is 15.2 Å². The highest BCUT2D eigenvalue weighted by Gasteiger charge is 2.11. The van der Waals surface area contributed by atoms with Gasteiger partial charge < -0.3 is 13.9 Å². The molecule has 0 amide bonds. The number of hydrogen-bond donors (Lipinski definition) is 0. The smallest absolute Gasteiger partial charge is 0.277 e. The van der Waals surface area contributed by atoms with Crippen LogP contribution in [0.5, 0.6) is 11.5 Å². The van der Waals surface area contributed by atoms with Crippen LogP contribution in [0.4, 0.5) is 0 Å². The van der Waals surface area contributed by atoms with E-state index in [0.717, 1.165) is 22.0 Å². The Bertz CT molecular complexity index is 1080. The maximum absolute atomic E-state index is 5.86. The first-order valence-electron chi connectivity index (χ1n) is 8.62. The largest absolute Gasteiger partial charge is 0.497 e. The van der Waals surface area contributed by atoms with Crippen molar-refractivity contribution in [3.8, 4) is 22.1 Å². The fourth-order valence-electron chi connectivity index (χ4n) is 2.43. The van der Waals surface area contributed by atoms with Crippen LogP contribution in [0.15, 0.2) is 63.6 Å². The molecule has 0 fully saturated rings. The SMILES string of the molecule is COc1cccc(-c2nc(CSc3nnc(COc4ccc(Cl)cc4)o3)cs2)c1. The summed E-state index contributed by atoms with van der Waals surface area (Å²) in [6.07, 6.45) is 0. The van der Waals surface area contributed by atoms with Crippen molar-refractivity contribution in [2.45, 2.75) is 17.6 Å². The number of ether oxygens (including phenoxy) is 2. The summed E-state index contributed by atoms with van der Waals surface area (Å²) in [6, 6.07) is 15.0. The standard InChI is InChI=1S/C20H16ClN3O3S2/c1-25-17-4-2-3-13(9-17)19-22-15(11-28-19)12-29-20-24-23-18(27-20)10-26-16-7-5-14(21)6-8-16/h2-9,11H,10,12H2,1H3. The number of rotatable bonds is 8. The van der Waals surface area contributed by atoms with Crippen LogP contribution in [-0.4, -0.2) is 22.3 Å². The summed E-state index contributed by atoms with van der Waals surface area (Å²) in [4.78, 5) is 4.68. The lowest BCUT2D eigenvalue weighted by molar-refractivity contribution is 0.252. The molecule has 6 nitrogen and oxygen atoms in total. The van der Waals surface area contributed by atoms with Crippen molar-refractivity contribution in [3.63, 3.8) is 0 Å². The summed E-state index contributed by atoms with van der Waals surface area (Å²) in [6.45, 7) is 0.200. The third-order valence-corrected chi connectivity index (χ3v) is 5.88. The molecule has 2 aromatic carbocycles. The normalized spacial score (nSPS) is 10.8. The monoisotopic (exact) mass is 445 g/mol. The van der Waals surface area contributed by atoms with E-state index in [1.54, 1.807) is 42.7 Å². The molecule has 0 atom stereocenters. The summed E-state index contributed by atoms with van der Waals surface area (Å²) in [5.41, 5.74) is 1.99. The number of thiazole rings is 1. The average molecular weight is 446 g/mol. The van der Waals surface area contributed by atoms with Crippen LogP contribution in [0.1, 0.15) is 11.6 Å². The Morgan fingerprint density at radius 3 is 2.79 bits per heavy atom. The molecule has 4 rings (SSSR count). The van der Waals surface area contributed by atoms with Gasteiger partial charge in [-0.25, -0.2) is 4.98 Å². The van der Waals surface area contributed by atoms with Crippen LogP contribution in [-0.2, 0) is 12.4 Å². The van der Waals surface area contributed by atoms with Crippen molar-refractivity contribution in [2.24, 2.45) is 0 Å². The molecule has 0 spiro atoms. The van der Waals surface area contributed by atoms with Crippen LogP contribution in [0, 0.1) is 0 Å². The molecule has 29 heavy (non-hydrogen) atoms. The van der Waals surface area contributed by atoms with E-state index in [-0.39, 0.29) is 6.61 Å². The molecule has 0 saturated heterocycles.